The summed E-state index contributed by atoms with van der Waals surface area (Å²) in [6.07, 6.45) is 2.02. The first-order valence-electron chi connectivity index (χ1n) is 9.35. The minimum Gasteiger partial charge on any atom is -0.481 e. The second kappa shape index (κ2) is 7.86. The van der Waals surface area contributed by atoms with Crippen molar-refractivity contribution in [1.29, 1.82) is 0 Å². The predicted molar refractivity (Wildman–Crippen MR) is 105 cm³/mol. The normalized spacial score (nSPS) is 15.4. The predicted octanol–water partition coefficient (Wildman–Crippen LogP) is 2.86. The fourth-order valence-corrected chi connectivity index (χ4v) is 3.83. The number of alkyl carbamates (subject to hydrolysis) is 1. The average Bonchev–Trinajstić information content (AvgIpc) is 3.33. The molecular weight excluding hydrogens is 356 g/mol. The van der Waals surface area contributed by atoms with Crippen LogP contribution in [0.2, 0.25) is 0 Å². The maximum atomic E-state index is 12.2. The first kappa shape index (κ1) is 18.3. The van der Waals surface area contributed by atoms with Gasteiger partial charge in [0.05, 0.1) is 12.5 Å². The molecule has 1 heterocycles. The largest absolute Gasteiger partial charge is 0.481 e. The number of amides is 1. The average molecular weight is 378 g/mol. The summed E-state index contributed by atoms with van der Waals surface area (Å²) in [5.74, 6) is -0.962. The Morgan fingerprint density at radius 3 is 2.75 bits per heavy atom. The van der Waals surface area contributed by atoms with Crippen molar-refractivity contribution in [1.82, 2.24) is 10.6 Å². The summed E-state index contributed by atoms with van der Waals surface area (Å²) in [5.41, 5.74) is 6.81. The van der Waals surface area contributed by atoms with Crippen molar-refractivity contribution < 1.29 is 19.4 Å². The van der Waals surface area contributed by atoms with Crippen molar-refractivity contribution in [3.63, 3.8) is 0 Å². The number of carboxylic acids is 1. The Morgan fingerprint density at radius 2 is 1.96 bits per heavy atom. The summed E-state index contributed by atoms with van der Waals surface area (Å²) in [6.45, 7) is 1.40. The summed E-state index contributed by atoms with van der Waals surface area (Å²) in [6, 6.07) is 13.9. The number of nitrogens with one attached hydrogen (secondary N) is 2. The summed E-state index contributed by atoms with van der Waals surface area (Å²) in [7, 11) is 0. The van der Waals surface area contributed by atoms with Crippen molar-refractivity contribution in [3.8, 4) is 11.1 Å². The number of rotatable bonds is 6. The molecule has 1 aliphatic carbocycles. The van der Waals surface area contributed by atoms with Crippen molar-refractivity contribution in [2.45, 2.75) is 25.5 Å². The molecule has 4 rings (SSSR count). The molecule has 0 bridgehead atoms. The van der Waals surface area contributed by atoms with Crippen LogP contribution in [0.25, 0.3) is 11.1 Å². The van der Waals surface area contributed by atoms with Gasteiger partial charge in [-0.15, -0.1) is 0 Å². The number of hydrogen-bond donors (Lipinski definition) is 3. The molecule has 0 fully saturated rings. The van der Waals surface area contributed by atoms with Gasteiger partial charge in [-0.3, -0.25) is 4.79 Å². The van der Waals surface area contributed by atoms with Crippen LogP contribution in [-0.4, -0.2) is 36.3 Å². The highest BCUT2D eigenvalue weighted by Crippen LogP contribution is 2.36. The van der Waals surface area contributed by atoms with Gasteiger partial charge in [0.1, 0.15) is 6.61 Å². The molecule has 144 valence electrons. The Labute approximate surface area is 163 Å². The second-order valence-electron chi connectivity index (χ2n) is 7.11. The Morgan fingerprint density at radius 1 is 1.14 bits per heavy atom. The highest BCUT2D eigenvalue weighted by molar-refractivity contribution is 5.77. The molecule has 6 nitrogen and oxygen atoms in total. The smallest absolute Gasteiger partial charge is 0.407 e. The van der Waals surface area contributed by atoms with Crippen LogP contribution in [0.3, 0.4) is 0 Å². The molecule has 28 heavy (non-hydrogen) atoms. The van der Waals surface area contributed by atoms with E-state index < -0.39 is 18.1 Å². The van der Waals surface area contributed by atoms with Gasteiger partial charge in [-0.05, 0) is 39.8 Å². The molecule has 1 aliphatic heterocycles. The van der Waals surface area contributed by atoms with E-state index in [9.17, 15) is 9.59 Å². The van der Waals surface area contributed by atoms with Gasteiger partial charge in [-0.2, -0.15) is 0 Å². The van der Waals surface area contributed by atoms with Crippen molar-refractivity contribution in [3.05, 3.63) is 70.8 Å². The lowest BCUT2D eigenvalue weighted by Crippen LogP contribution is -2.39. The van der Waals surface area contributed by atoms with E-state index >= 15 is 0 Å². The molecule has 0 radical (unpaired) electrons. The number of benzene rings is 2. The lowest BCUT2D eigenvalue weighted by atomic mass is 10.0. The van der Waals surface area contributed by atoms with Crippen LogP contribution in [0.4, 0.5) is 4.79 Å². The molecule has 2 aromatic carbocycles. The van der Waals surface area contributed by atoms with Crippen LogP contribution < -0.4 is 10.6 Å². The highest BCUT2D eigenvalue weighted by Gasteiger charge is 2.23. The van der Waals surface area contributed by atoms with E-state index in [1.165, 1.54) is 22.3 Å². The summed E-state index contributed by atoms with van der Waals surface area (Å²) < 4.78 is 5.35. The Balaban J connectivity index is 1.37. The van der Waals surface area contributed by atoms with E-state index in [0.717, 1.165) is 17.6 Å². The summed E-state index contributed by atoms with van der Waals surface area (Å²) >= 11 is 0. The van der Waals surface area contributed by atoms with E-state index in [-0.39, 0.29) is 13.0 Å². The molecule has 1 unspecified atom stereocenters. The van der Waals surface area contributed by atoms with E-state index in [2.05, 4.69) is 34.9 Å². The summed E-state index contributed by atoms with van der Waals surface area (Å²) in [5, 5.41) is 14.9. The van der Waals surface area contributed by atoms with E-state index in [0.29, 0.717) is 13.1 Å². The lowest BCUT2D eigenvalue weighted by molar-refractivity contribution is -0.137. The van der Waals surface area contributed by atoms with Gasteiger partial charge in [0, 0.05) is 13.1 Å². The summed E-state index contributed by atoms with van der Waals surface area (Å²) in [4.78, 5) is 23.3. The lowest BCUT2D eigenvalue weighted by Gasteiger charge is -2.18. The minimum atomic E-state index is -0.962. The Bertz CT molecular complexity index is 951. The minimum absolute atomic E-state index is 0.145. The zero-order valence-electron chi connectivity index (χ0n) is 15.4. The second-order valence-corrected chi connectivity index (χ2v) is 7.11. The molecule has 1 atom stereocenters. The SMILES string of the molecule is O=C(O)CC(NC(=O)OCc1ccc2c(c1)Cc1ccccc1-2)C1=CCNC1. The molecule has 1 amide bonds. The number of ether oxygens (including phenoxy) is 1. The third kappa shape index (κ3) is 3.92. The third-order valence-electron chi connectivity index (χ3n) is 5.18. The first-order valence-corrected chi connectivity index (χ1v) is 9.35. The van der Waals surface area contributed by atoms with Gasteiger partial charge in [-0.25, -0.2) is 4.79 Å². The monoisotopic (exact) mass is 378 g/mol. The molecule has 0 aromatic heterocycles. The fraction of sp³-hybridized carbons (Fsp3) is 0.273. The molecule has 0 saturated carbocycles. The fourth-order valence-electron chi connectivity index (χ4n) is 3.83. The molecule has 3 N–H and O–H groups in total. The van der Waals surface area contributed by atoms with Crippen LogP contribution in [0.15, 0.2) is 54.1 Å². The number of fused-ring (bicyclic) bond motifs is 3. The zero-order chi connectivity index (χ0) is 19.5. The van der Waals surface area contributed by atoms with Gasteiger partial charge >= 0.3 is 12.1 Å². The van der Waals surface area contributed by atoms with Crippen LogP contribution in [0.5, 0.6) is 0 Å². The topological polar surface area (TPSA) is 87.7 Å². The van der Waals surface area contributed by atoms with Gasteiger partial charge in [0.2, 0.25) is 0 Å². The standard InChI is InChI=1S/C22H22N2O4/c25-21(26)11-20(16-7-8-23-12-16)24-22(27)28-13-14-5-6-19-17(9-14)10-15-3-1-2-4-18(15)19/h1-7,9,20,23H,8,10-13H2,(H,24,27)(H,25,26). The van der Waals surface area contributed by atoms with Crippen LogP contribution in [-0.2, 0) is 22.6 Å². The van der Waals surface area contributed by atoms with Gasteiger partial charge in [0.15, 0.2) is 0 Å². The number of carbonyl (C=O) groups is 2. The van der Waals surface area contributed by atoms with Crippen molar-refractivity contribution in [2.24, 2.45) is 0 Å². The quantitative estimate of drug-likeness (QED) is 0.574. The zero-order valence-corrected chi connectivity index (χ0v) is 15.4. The van der Waals surface area contributed by atoms with Crippen LogP contribution in [0.1, 0.15) is 23.1 Å². The number of carboxylic acid groups (broad SMARTS) is 1. The number of hydrogen-bond acceptors (Lipinski definition) is 4. The number of aliphatic carboxylic acids is 1. The Kier molecular flexibility index (Phi) is 5.12. The van der Waals surface area contributed by atoms with Crippen molar-refractivity contribution in [2.75, 3.05) is 13.1 Å². The maximum absolute atomic E-state index is 12.2. The maximum Gasteiger partial charge on any atom is 0.407 e. The van der Waals surface area contributed by atoms with E-state index in [4.69, 9.17) is 9.84 Å². The molecular formula is C22H22N2O4. The van der Waals surface area contributed by atoms with Gasteiger partial charge in [-0.1, -0.05) is 48.5 Å². The molecule has 2 aliphatic rings. The van der Waals surface area contributed by atoms with Gasteiger partial charge in [0.25, 0.3) is 0 Å². The van der Waals surface area contributed by atoms with Crippen LogP contribution in [0, 0.1) is 0 Å². The van der Waals surface area contributed by atoms with E-state index in [1.54, 1.807) is 0 Å². The first-order chi connectivity index (χ1) is 13.6. The van der Waals surface area contributed by atoms with Crippen LogP contribution >= 0.6 is 0 Å². The van der Waals surface area contributed by atoms with Gasteiger partial charge < -0.3 is 20.5 Å². The third-order valence-corrected chi connectivity index (χ3v) is 5.18. The molecule has 2 aromatic rings. The molecule has 0 saturated heterocycles. The van der Waals surface area contributed by atoms with Crippen molar-refractivity contribution >= 4 is 12.1 Å². The number of carbonyl (C=O) groups excluding carboxylic acids is 1. The Hall–Kier alpha value is -3.12. The molecule has 6 heteroatoms. The van der Waals surface area contributed by atoms with E-state index in [1.807, 2.05) is 24.3 Å². The molecule has 0 spiro atoms. The highest BCUT2D eigenvalue weighted by atomic mass is 16.5.